The Morgan fingerprint density at radius 3 is 2.43 bits per heavy atom. The van der Waals surface area contributed by atoms with E-state index in [0.717, 1.165) is 11.1 Å². The molecule has 0 saturated heterocycles. The monoisotopic (exact) mass is 369 g/mol. The lowest BCUT2D eigenvalue weighted by Gasteiger charge is -2.14. The van der Waals surface area contributed by atoms with Crippen molar-refractivity contribution in [2.45, 2.75) is 13.8 Å². The maximum Gasteiger partial charge on any atom is 0.490 e. The molecule has 2 aromatic carbocycles. The highest BCUT2D eigenvalue weighted by molar-refractivity contribution is 7.80. The molecule has 0 aliphatic rings. The fourth-order valence-electron chi connectivity index (χ4n) is 2.01. The normalized spacial score (nSPS) is 10.3. The molecule has 0 bridgehead atoms. The van der Waals surface area contributed by atoms with Crippen LogP contribution in [0.15, 0.2) is 30.3 Å². The summed E-state index contributed by atoms with van der Waals surface area (Å²) in [6, 6.07) is 8.53. The molecule has 120 valence electrons. The van der Waals surface area contributed by atoms with Crippen molar-refractivity contribution in [2.24, 2.45) is 0 Å². The van der Waals surface area contributed by atoms with Crippen LogP contribution in [0.1, 0.15) is 11.1 Å². The number of aryl methyl sites for hydroxylation is 2. The van der Waals surface area contributed by atoms with E-state index in [2.05, 4.69) is 5.32 Å². The van der Waals surface area contributed by atoms with Gasteiger partial charge < -0.3 is 20.1 Å². The van der Waals surface area contributed by atoms with E-state index in [9.17, 15) is 10.0 Å². The molecule has 0 aliphatic carbocycles. The van der Waals surface area contributed by atoms with E-state index in [1.807, 2.05) is 32.0 Å². The molecule has 2 rings (SSSR count). The van der Waals surface area contributed by atoms with Crippen molar-refractivity contribution >= 4 is 58.9 Å². The molecule has 0 fully saturated rings. The van der Waals surface area contributed by atoms with Gasteiger partial charge in [-0.1, -0.05) is 40.9 Å². The smallest absolute Gasteiger partial charge is 0.431 e. The molecule has 3 N–H and O–H groups in total. The van der Waals surface area contributed by atoms with Crippen molar-refractivity contribution in [3.8, 4) is 5.75 Å². The van der Waals surface area contributed by atoms with Crippen LogP contribution in [0.4, 0.5) is 5.69 Å². The highest BCUT2D eigenvalue weighted by Crippen LogP contribution is 2.25. The van der Waals surface area contributed by atoms with Crippen LogP contribution < -0.4 is 15.5 Å². The Kier molecular flexibility index (Phi) is 5.89. The van der Waals surface area contributed by atoms with Gasteiger partial charge in [0.2, 0.25) is 0 Å². The van der Waals surface area contributed by atoms with Crippen molar-refractivity contribution in [1.82, 2.24) is 0 Å². The third kappa shape index (κ3) is 4.59. The largest absolute Gasteiger partial charge is 0.490 e. The van der Waals surface area contributed by atoms with Gasteiger partial charge >= 0.3 is 7.12 Å². The third-order valence-corrected chi connectivity index (χ3v) is 3.96. The molecular formula is C15H14BCl2NO3S. The van der Waals surface area contributed by atoms with Crippen molar-refractivity contribution in [1.29, 1.82) is 0 Å². The zero-order valence-electron chi connectivity index (χ0n) is 12.4. The van der Waals surface area contributed by atoms with Gasteiger partial charge in [-0.2, -0.15) is 0 Å². The van der Waals surface area contributed by atoms with Gasteiger partial charge in [0.05, 0.1) is 10.7 Å². The minimum absolute atomic E-state index is 0.0829. The van der Waals surface area contributed by atoms with Gasteiger partial charge in [-0.25, -0.2) is 0 Å². The molecule has 0 unspecified atom stereocenters. The molecule has 0 aromatic heterocycles. The quantitative estimate of drug-likeness (QED) is 0.573. The van der Waals surface area contributed by atoms with E-state index in [1.54, 1.807) is 0 Å². The SMILES string of the molecule is Cc1ccc(OC(=S)Nc2cc(B(O)O)c(Cl)cc2Cl)c(C)c1. The summed E-state index contributed by atoms with van der Waals surface area (Å²) in [6.45, 7) is 3.91. The average Bonchev–Trinajstić information content (AvgIpc) is 2.44. The van der Waals surface area contributed by atoms with Crippen molar-refractivity contribution in [3.05, 3.63) is 51.5 Å². The summed E-state index contributed by atoms with van der Waals surface area (Å²) in [5.41, 5.74) is 2.56. The van der Waals surface area contributed by atoms with Crippen LogP contribution in [0.25, 0.3) is 0 Å². The highest BCUT2D eigenvalue weighted by Gasteiger charge is 2.18. The number of thiocarbonyl (C=S) groups is 1. The summed E-state index contributed by atoms with van der Waals surface area (Å²) in [7, 11) is -1.71. The van der Waals surface area contributed by atoms with Gasteiger partial charge in [0.1, 0.15) is 5.75 Å². The summed E-state index contributed by atoms with van der Waals surface area (Å²) in [6.07, 6.45) is 0. The summed E-state index contributed by atoms with van der Waals surface area (Å²) >= 11 is 17.1. The first kappa shape index (κ1) is 18.0. The van der Waals surface area contributed by atoms with Crippen LogP contribution in [0.3, 0.4) is 0 Å². The number of anilines is 1. The molecule has 0 amide bonds. The van der Waals surface area contributed by atoms with E-state index in [4.69, 9.17) is 40.2 Å². The maximum absolute atomic E-state index is 9.29. The number of benzene rings is 2. The number of halogens is 2. The number of hydrogen-bond acceptors (Lipinski definition) is 4. The average molecular weight is 370 g/mol. The number of ether oxygens (including phenoxy) is 1. The van der Waals surface area contributed by atoms with Gasteiger partial charge in [-0.15, -0.1) is 0 Å². The van der Waals surface area contributed by atoms with Gasteiger partial charge in [-0.05, 0) is 49.8 Å². The molecule has 8 heteroatoms. The first-order chi connectivity index (χ1) is 10.8. The third-order valence-electron chi connectivity index (χ3n) is 3.13. The van der Waals surface area contributed by atoms with Gasteiger partial charge in [0, 0.05) is 10.5 Å². The molecule has 0 aliphatic heterocycles. The zero-order valence-corrected chi connectivity index (χ0v) is 14.8. The molecule has 4 nitrogen and oxygen atoms in total. The van der Waals surface area contributed by atoms with E-state index >= 15 is 0 Å². The second kappa shape index (κ2) is 7.51. The number of nitrogens with one attached hydrogen (secondary N) is 1. The molecule has 0 radical (unpaired) electrons. The van der Waals surface area contributed by atoms with E-state index in [-0.39, 0.29) is 20.7 Å². The summed E-state index contributed by atoms with van der Waals surface area (Å²) in [5, 5.41) is 21.9. The molecule has 0 saturated carbocycles. The Morgan fingerprint density at radius 2 is 1.83 bits per heavy atom. The predicted molar refractivity (Wildman–Crippen MR) is 99.1 cm³/mol. The van der Waals surface area contributed by atoms with Crippen LogP contribution in [-0.4, -0.2) is 22.3 Å². The van der Waals surface area contributed by atoms with Crippen molar-refractivity contribution < 1.29 is 14.8 Å². The van der Waals surface area contributed by atoms with E-state index in [1.165, 1.54) is 12.1 Å². The molecule has 2 aromatic rings. The van der Waals surface area contributed by atoms with E-state index < -0.39 is 7.12 Å². The summed E-state index contributed by atoms with van der Waals surface area (Å²) in [5.74, 6) is 0.626. The topological polar surface area (TPSA) is 61.7 Å². The standard InChI is InChI=1S/C15H14BCl2NO3S/c1-8-3-4-14(9(2)5-8)22-15(23)19-13-6-10(16(20)21)11(17)7-12(13)18/h3-7,20-21H,1-2H3,(H,19,23). The first-order valence-corrected chi connectivity index (χ1v) is 7.85. The molecule has 0 atom stereocenters. The second-order valence-corrected chi connectivity index (χ2v) is 6.20. The van der Waals surface area contributed by atoms with Crippen LogP contribution in [-0.2, 0) is 0 Å². The lowest BCUT2D eigenvalue weighted by Crippen LogP contribution is -2.31. The Labute approximate surface area is 150 Å². The van der Waals surface area contributed by atoms with E-state index in [0.29, 0.717) is 11.4 Å². The Hall–Kier alpha value is -1.31. The van der Waals surface area contributed by atoms with Crippen molar-refractivity contribution in [3.63, 3.8) is 0 Å². The highest BCUT2D eigenvalue weighted by atomic mass is 35.5. The Morgan fingerprint density at radius 1 is 1.13 bits per heavy atom. The molecular weight excluding hydrogens is 356 g/mol. The number of hydrogen-bond donors (Lipinski definition) is 3. The van der Waals surface area contributed by atoms with Crippen LogP contribution in [0.5, 0.6) is 5.75 Å². The molecule has 0 heterocycles. The number of rotatable bonds is 3. The molecule has 23 heavy (non-hydrogen) atoms. The Bertz CT molecular complexity index is 756. The lowest BCUT2D eigenvalue weighted by molar-refractivity contribution is 0.426. The van der Waals surface area contributed by atoms with Crippen LogP contribution in [0, 0.1) is 13.8 Å². The zero-order chi connectivity index (χ0) is 17.1. The van der Waals surface area contributed by atoms with Gasteiger partial charge in [0.25, 0.3) is 5.17 Å². The second-order valence-electron chi connectivity index (χ2n) is 5.01. The Balaban J connectivity index is 2.18. The van der Waals surface area contributed by atoms with Gasteiger partial charge in [0.15, 0.2) is 0 Å². The van der Waals surface area contributed by atoms with Crippen LogP contribution in [0.2, 0.25) is 10.0 Å². The maximum atomic E-state index is 9.29. The minimum atomic E-state index is -1.71. The minimum Gasteiger partial charge on any atom is -0.431 e. The lowest BCUT2D eigenvalue weighted by atomic mass is 9.80. The fraction of sp³-hybridized carbons (Fsp3) is 0.133. The van der Waals surface area contributed by atoms with Crippen molar-refractivity contribution in [2.75, 3.05) is 5.32 Å². The molecule has 0 spiro atoms. The predicted octanol–water partition coefficient (Wildman–Crippen LogP) is 3.07. The first-order valence-electron chi connectivity index (χ1n) is 6.69. The summed E-state index contributed by atoms with van der Waals surface area (Å²) < 4.78 is 5.59. The van der Waals surface area contributed by atoms with Crippen LogP contribution >= 0.6 is 35.4 Å². The summed E-state index contributed by atoms with van der Waals surface area (Å²) in [4.78, 5) is 0. The fourth-order valence-corrected chi connectivity index (χ4v) is 2.74. The van der Waals surface area contributed by atoms with Gasteiger partial charge in [-0.3, -0.25) is 0 Å².